The first-order valence-corrected chi connectivity index (χ1v) is 9.39. The van der Waals surface area contributed by atoms with Crippen LogP contribution in [0.15, 0.2) is 84.9 Å². The lowest BCUT2D eigenvalue weighted by molar-refractivity contribution is 0.403. The number of benzene rings is 3. The Morgan fingerprint density at radius 2 is 1.58 bits per heavy atom. The van der Waals surface area contributed by atoms with Crippen LogP contribution in [0.4, 0.5) is 5.69 Å². The fraction of sp³-hybridized carbons (Fsp3) is 0.167. The van der Waals surface area contributed by atoms with Crippen molar-refractivity contribution in [2.75, 3.05) is 5.32 Å². The van der Waals surface area contributed by atoms with Gasteiger partial charge in [-0.15, -0.1) is 0 Å². The van der Waals surface area contributed by atoms with Gasteiger partial charge in [-0.2, -0.15) is 0 Å². The molecule has 1 aromatic heterocycles. The van der Waals surface area contributed by atoms with Crippen LogP contribution in [0.25, 0.3) is 10.9 Å². The summed E-state index contributed by atoms with van der Waals surface area (Å²) in [5.74, 6) is 0.962. The van der Waals surface area contributed by atoms with Crippen molar-refractivity contribution in [3.8, 4) is 0 Å². The maximum atomic E-state index is 3.85. The lowest BCUT2D eigenvalue weighted by Crippen LogP contribution is -2.29. The fourth-order valence-corrected chi connectivity index (χ4v) is 5.09. The van der Waals surface area contributed by atoms with E-state index in [1.807, 2.05) is 0 Å². The smallest absolute Gasteiger partial charge is 0.0719 e. The Morgan fingerprint density at radius 3 is 2.50 bits per heavy atom. The maximum absolute atomic E-state index is 3.85. The van der Waals surface area contributed by atoms with Crippen LogP contribution in [0.3, 0.4) is 0 Å². The number of hydrogen-bond acceptors (Lipinski definition) is 1. The molecule has 0 bridgehead atoms. The molecule has 4 aromatic rings. The molecule has 3 aromatic carbocycles. The van der Waals surface area contributed by atoms with E-state index in [0.29, 0.717) is 17.9 Å². The summed E-state index contributed by atoms with van der Waals surface area (Å²) in [6.45, 7) is 1.06. The Morgan fingerprint density at radius 1 is 0.808 bits per heavy atom. The molecule has 26 heavy (non-hydrogen) atoms. The first-order valence-electron chi connectivity index (χ1n) is 9.39. The highest BCUT2D eigenvalue weighted by atomic mass is 15.1. The van der Waals surface area contributed by atoms with E-state index in [9.17, 15) is 0 Å². The van der Waals surface area contributed by atoms with E-state index in [2.05, 4.69) is 94.8 Å². The van der Waals surface area contributed by atoms with Gasteiger partial charge in [0.15, 0.2) is 0 Å². The molecule has 2 nitrogen and oxygen atoms in total. The van der Waals surface area contributed by atoms with Crippen molar-refractivity contribution in [3.05, 3.63) is 102 Å². The van der Waals surface area contributed by atoms with Crippen LogP contribution in [0.2, 0.25) is 0 Å². The normalized spacial score (nSPS) is 23.2. The molecule has 0 spiro atoms. The molecule has 0 aliphatic carbocycles. The van der Waals surface area contributed by atoms with Gasteiger partial charge in [0, 0.05) is 35.3 Å². The Hall–Kier alpha value is -3.00. The van der Waals surface area contributed by atoms with E-state index >= 15 is 0 Å². The average Bonchev–Trinajstić information content (AvgIpc) is 3.23. The molecule has 0 unspecified atom stereocenters. The van der Waals surface area contributed by atoms with Gasteiger partial charge in [-0.25, -0.2) is 0 Å². The predicted octanol–water partition coefficient (Wildman–Crippen LogP) is 5.57. The molecule has 3 heterocycles. The summed E-state index contributed by atoms with van der Waals surface area (Å²) in [5, 5.41) is 5.20. The largest absolute Gasteiger partial charge is 0.376 e. The van der Waals surface area contributed by atoms with Gasteiger partial charge in [-0.1, -0.05) is 66.7 Å². The lowest BCUT2D eigenvalue weighted by Gasteiger charge is -2.37. The van der Waals surface area contributed by atoms with E-state index in [0.717, 1.165) is 6.54 Å². The molecule has 0 saturated heterocycles. The molecular weight excluding hydrogens is 316 g/mol. The molecule has 6 rings (SSSR count). The van der Waals surface area contributed by atoms with Crippen molar-refractivity contribution in [3.63, 3.8) is 0 Å². The SMILES string of the molecule is c1ccc([C@H]2c3ccccc3N[C@H]3c4cc5ccccc5n4C[C@@H]23)cc1. The molecule has 2 heteroatoms. The van der Waals surface area contributed by atoms with Gasteiger partial charge in [0.05, 0.1) is 6.04 Å². The maximum Gasteiger partial charge on any atom is 0.0719 e. The first kappa shape index (κ1) is 14.2. The molecule has 0 radical (unpaired) electrons. The van der Waals surface area contributed by atoms with Crippen LogP contribution in [0.5, 0.6) is 0 Å². The van der Waals surface area contributed by atoms with Crippen molar-refractivity contribution < 1.29 is 0 Å². The van der Waals surface area contributed by atoms with Crippen molar-refractivity contribution in [2.24, 2.45) is 5.92 Å². The third-order valence-corrected chi connectivity index (χ3v) is 6.18. The Balaban J connectivity index is 1.56. The molecule has 1 N–H and O–H groups in total. The zero-order valence-corrected chi connectivity index (χ0v) is 14.5. The van der Waals surface area contributed by atoms with E-state index < -0.39 is 0 Å². The summed E-state index contributed by atoms with van der Waals surface area (Å²) in [6.07, 6.45) is 0. The quantitative estimate of drug-likeness (QED) is 0.481. The molecule has 126 valence electrons. The van der Waals surface area contributed by atoms with E-state index in [1.54, 1.807) is 0 Å². The number of para-hydroxylation sites is 2. The van der Waals surface area contributed by atoms with Crippen molar-refractivity contribution in [1.29, 1.82) is 0 Å². The first-order chi connectivity index (χ1) is 12.9. The minimum Gasteiger partial charge on any atom is -0.376 e. The number of hydrogen-bond donors (Lipinski definition) is 1. The fourth-order valence-electron chi connectivity index (χ4n) is 5.09. The Labute approximate surface area is 153 Å². The molecular formula is C24H20N2. The molecule has 3 atom stereocenters. The monoisotopic (exact) mass is 336 g/mol. The average molecular weight is 336 g/mol. The minimum atomic E-state index is 0.363. The number of fused-ring (bicyclic) bond motifs is 6. The topological polar surface area (TPSA) is 17.0 Å². The molecule has 0 fully saturated rings. The molecule has 2 aliphatic rings. The van der Waals surface area contributed by atoms with Crippen LogP contribution in [0.1, 0.15) is 28.8 Å². The number of nitrogens with one attached hydrogen (secondary N) is 1. The standard InChI is InChI=1S/C24H20N2/c1-2-8-16(9-3-1)23-18-11-5-6-12-20(18)25-24-19(23)15-26-21-13-7-4-10-17(21)14-22(24)26/h1-14,19,23-25H,15H2/t19-,23-,24+/m0/s1. The van der Waals surface area contributed by atoms with Gasteiger partial charge in [0.2, 0.25) is 0 Å². The van der Waals surface area contributed by atoms with Gasteiger partial charge >= 0.3 is 0 Å². The summed E-state index contributed by atoms with van der Waals surface area (Å²) in [7, 11) is 0. The highest BCUT2D eigenvalue weighted by molar-refractivity contribution is 5.82. The highest BCUT2D eigenvalue weighted by Crippen LogP contribution is 2.52. The van der Waals surface area contributed by atoms with E-state index in [-0.39, 0.29) is 0 Å². The van der Waals surface area contributed by atoms with Crippen molar-refractivity contribution in [1.82, 2.24) is 4.57 Å². The van der Waals surface area contributed by atoms with E-state index in [4.69, 9.17) is 0 Å². The minimum absolute atomic E-state index is 0.363. The number of rotatable bonds is 1. The third-order valence-electron chi connectivity index (χ3n) is 6.18. The lowest BCUT2D eigenvalue weighted by atomic mass is 9.74. The predicted molar refractivity (Wildman–Crippen MR) is 107 cm³/mol. The van der Waals surface area contributed by atoms with Crippen LogP contribution < -0.4 is 5.32 Å². The van der Waals surface area contributed by atoms with Gasteiger partial charge < -0.3 is 9.88 Å². The van der Waals surface area contributed by atoms with Crippen molar-refractivity contribution in [2.45, 2.75) is 18.5 Å². The second kappa shape index (κ2) is 5.25. The van der Waals surface area contributed by atoms with E-state index in [1.165, 1.54) is 33.4 Å². The highest BCUT2D eigenvalue weighted by Gasteiger charge is 2.43. The van der Waals surface area contributed by atoms with Crippen LogP contribution in [-0.4, -0.2) is 4.57 Å². The summed E-state index contributed by atoms with van der Waals surface area (Å²) in [5.41, 5.74) is 6.91. The summed E-state index contributed by atoms with van der Waals surface area (Å²) < 4.78 is 2.53. The van der Waals surface area contributed by atoms with Gasteiger partial charge in [0.1, 0.15) is 0 Å². The number of anilines is 1. The van der Waals surface area contributed by atoms with Crippen LogP contribution in [-0.2, 0) is 6.54 Å². The summed E-state index contributed by atoms with van der Waals surface area (Å²) in [6, 6.07) is 31.3. The van der Waals surface area contributed by atoms with Gasteiger partial charge in [0.25, 0.3) is 0 Å². The number of nitrogens with zero attached hydrogens (tertiary/aromatic N) is 1. The third kappa shape index (κ3) is 1.87. The molecule has 2 aliphatic heterocycles. The second-order valence-corrected chi connectivity index (χ2v) is 7.50. The summed E-state index contributed by atoms with van der Waals surface area (Å²) >= 11 is 0. The number of aromatic nitrogens is 1. The van der Waals surface area contributed by atoms with Crippen LogP contribution >= 0.6 is 0 Å². The zero-order chi connectivity index (χ0) is 17.1. The van der Waals surface area contributed by atoms with Crippen molar-refractivity contribution >= 4 is 16.6 Å². The zero-order valence-electron chi connectivity index (χ0n) is 14.5. The Kier molecular flexibility index (Phi) is 2.87. The Bertz CT molecular complexity index is 1110. The van der Waals surface area contributed by atoms with Gasteiger partial charge in [-0.05, 0) is 34.7 Å². The summed E-state index contributed by atoms with van der Waals surface area (Å²) in [4.78, 5) is 0. The second-order valence-electron chi connectivity index (χ2n) is 7.50. The van der Waals surface area contributed by atoms with Gasteiger partial charge in [-0.3, -0.25) is 0 Å². The molecule has 0 amide bonds. The molecule has 0 saturated carbocycles. The van der Waals surface area contributed by atoms with Crippen LogP contribution in [0, 0.1) is 5.92 Å².